The van der Waals surface area contributed by atoms with Gasteiger partial charge in [0, 0.05) is 0 Å². The van der Waals surface area contributed by atoms with E-state index in [-0.39, 0.29) is 5.91 Å². The van der Waals surface area contributed by atoms with Gasteiger partial charge >= 0.3 is 0 Å². The second kappa shape index (κ2) is 10.9. The second-order valence-electron chi connectivity index (χ2n) is 8.71. The molecule has 0 atom stereocenters. The Bertz CT molecular complexity index is 1360. The fraction of sp³-hybridized carbons (Fsp3) is 0.125. The van der Waals surface area contributed by atoms with Gasteiger partial charge in [-0.3, -0.25) is 4.79 Å². The largest absolute Gasteiger partial charge is 0.339 e. The van der Waals surface area contributed by atoms with Gasteiger partial charge in [0.15, 0.2) is 0 Å². The molecule has 4 heteroatoms. The number of hydrogen-bond donors (Lipinski definition) is 1. The molecule has 0 radical (unpaired) electrons. The highest BCUT2D eigenvalue weighted by molar-refractivity contribution is 6.01. The van der Waals surface area contributed by atoms with Crippen LogP contribution in [0.1, 0.15) is 46.7 Å². The minimum absolute atomic E-state index is 0.189. The fourth-order valence-corrected chi connectivity index (χ4v) is 4.42. The molecule has 0 saturated heterocycles. The first-order chi connectivity index (χ1) is 17.5. The molecule has 1 heterocycles. The zero-order valence-corrected chi connectivity index (χ0v) is 21.0. The minimum atomic E-state index is -0.745. The standard InChI is InChI=1S/C32H31N3O/c1-5-7-17-25(6-2)30-29(24(3)35(34-30)28-22-15-10-16-23-28)31(36)33-32(4,26-18-11-8-12-19-26)27-20-13-9-14-21-27/h5-23H,1H2,2-4H3,(H,33,36)/b17-7-,25-6+. The molecule has 0 saturated carbocycles. The minimum Gasteiger partial charge on any atom is -0.339 e. The van der Waals surface area contributed by atoms with Crippen molar-refractivity contribution in [3.63, 3.8) is 0 Å². The molecule has 3 aromatic carbocycles. The van der Waals surface area contributed by atoms with Gasteiger partial charge in [-0.15, -0.1) is 0 Å². The lowest BCUT2D eigenvalue weighted by Gasteiger charge is -2.32. The Hall–Kier alpha value is -4.44. The number of aromatic nitrogens is 2. The number of nitrogens with zero attached hydrogens (tertiary/aromatic N) is 2. The number of rotatable bonds is 8. The van der Waals surface area contributed by atoms with Crippen LogP contribution in [0.15, 0.2) is 122 Å². The molecule has 0 aliphatic rings. The summed E-state index contributed by atoms with van der Waals surface area (Å²) in [5.41, 5.74) is 4.92. The number of para-hydroxylation sites is 1. The predicted octanol–water partition coefficient (Wildman–Crippen LogP) is 7.02. The van der Waals surface area contributed by atoms with Crippen molar-refractivity contribution in [2.24, 2.45) is 0 Å². The van der Waals surface area contributed by atoms with Crippen LogP contribution in [0.2, 0.25) is 0 Å². The van der Waals surface area contributed by atoms with Crippen molar-refractivity contribution < 1.29 is 4.79 Å². The Morgan fingerprint density at radius 2 is 1.44 bits per heavy atom. The number of carbonyl (C=O) groups excluding carboxylic acids is 1. The van der Waals surface area contributed by atoms with E-state index in [2.05, 4.69) is 11.9 Å². The van der Waals surface area contributed by atoms with E-state index in [0.29, 0.717) is 11.3 Å². The van der Waals surface area contributed by atoms with Crippen molar-refractivity contribution in [2.45, 2.75) is 26.3 Å². The molecule has 0 fully saturated rings. The van der Waals surface area contributed by atoms with E-state index in [0.717, 1.165) is 28.1 Å². The summed E-state index contributed by atoms with van der Waals surface area (Å²) in [6, 6.07) is 29.9. The third-order valence-corrected chi connectivity index (χ3v) is 6.41. The quantitative estimate of drug-likeness (QED) is 0.280. The summed E-state index contributed by atoms with van der Waals surface area (Å²) in [6.07, 6.45) is 7.45. The van der Waals surface area contributed by atoms with Crippen LogP contribution in [-0.4, -0.2) is 15.7 Å². The van der Waals surface area contributed by atoms with Crippen LogP contribution in [0.25, 0.3) is 11.3 Å². The first-order valence-electron chi connectivity index (χ1n) is 12.0. The second-order valence-corrected chi connectivity index (χ2v) is 8.71. The Labute approximate surface area is 213 Å². The third-order valence-electron chi connectivity index (χ3n) is 6.41. The van der Waals surface area contributed by atoms with Gasteiger partial charge in [0.1, 0.15) is 5.69 Å². The molecule has 4 nitrogen and oxygen atoms in total. The third kappa shape index (κ3) is 4.84. The maximum Gasteiger partial charge on any atom is 0.256 e. The van der Waals surface area contributed by atoms with Crippen molar-refractivity contribution in [3.05, 3.63) is 150 Å². The van der Waals surface area contributed by atoms with Crippen molar-refractivity contribution in [1.82, 2.24) is 15.1 Å². The van der Waals surface area contributed by atoms with Crippen LogP contribution in [0.5, 0.6) is 0 Å². The number of hydrogen-bond acceptors (Lipinski definition) is 2. The first kappa shape index (κ1) is 24.7. The van der Waals surface area contributed by atoms with Crippen LogP contribution < -0.4 is 5.32 Å². The van der Waals surface area contributed by atoms with Crippen molar-refractivity contribution in [3.8, 4) is 5.69 Å². The van der Waals surface area contributed by atoms with Crippen LogP contribution in [0.3, 0.4) is 0 Å². The Balaban J connectivity index is 1.87. The van der Waals surface area contributed by atoms with E-state index in [1.54, 1.807) is 6.08 Å². The van der Waals surface area contributed by atoms with E-state index in [4.69, 9.17) is 5.10 Å². The molecule has 0 bridgehead atoms. The Morgan fingerprint density at radius 3 is 1.94 bits per heavy atom. The summed E-state index contributed by atoms with van der Waals surface area (Å²) in [7, 11) is 0. The lowest BCUT2D eigenvalue weighted by atomic mass is 9.84. The number of benzene rings is 3. The lowest BCUT2D eigenvalue weighted by molar-refractivity contribution is 0.0918. The molecule has 1 N–H and O–H groups in total. The van der Waals surface area contributed by atoms with Gasteiger partial charge in [-0.1, -0.05) is 110 Å². The zero-order chi connectivity index (χ0) is 25.5. The van der Waals surface area contributed by atoms with Crippen LogP contribution >= 0.6 is 0 Å². The smallest absolute Gasteiger partial charge is 0.256 e. The van der Waals surface area contributed by atoms with E-state index >= 15 is 0 Å². The summed E-state index contributed by atoms with van der Waals surface area (Å²) in [4.78, 5) is 14.2. The molecular weight excluding hydrogens is 442 g/mol. The molecule has 1 aromatic heterocycles. The molecule has 1 amide bonds. The summed E-state index contributed by atoms with van der Waals surface area (Å²) in [5.74, 6) is -0.189. The summed E-state index contributed by atoms with van der Waals surface area (Å²) < 4.78 is 1.83. The van der Waals surface area contributed by atoms with E-state index < -0.39 is 5.54 Å². The molecule has 4 rings (SSSR count). The average Bonchev–Trinajstić information content (AvgIpc) is 3.27. The normalized spacial score (nSPS) is 12.0. The topological polar surface area (TPSA) is 46.9 Å². The van der Waals surface area contributed by atoms with Gasteiger partial charge in [0.2, 0.25) is 0 Å². The molecule has 0 aliphatic heterocycles. The summed E-state index contributed by atoms with van der Waals surface area (Å²) in [5, 5.41) is 8.26. The van der Waals surface area contributed by atoms with Gasteiger partial charge in [0.25, 0.3) is 5.91 Å². The van der Waals surface area contributed by atoms with Gasteiger partial charge < -0.3 is 5.32 Å². The Morgan fingerprint density at radius 1 is 0.917 bits per heavy atom. The van der Waals surface area contributed by atoms with Crippen molar-refractivity contribution in [2.75, 3.05) is 0 Å². The number of carbonyl (C=O) groups is 1. The highest BCUT2D eigenvalue weighted by atomic mass is 16.1. The monoisotopic (exact) mass is 473 g/mol. The van der Waals surface area contributed by atoms with Gasteiger partial charge in [-0.2, -0.15) is 5.10 Å². The molecule has 4 aromatic rings. The molecule has 180 valence electrons. The van der Waals surface area contributed by atoms with Crippen LogP contribution in [0.4, 0.5) is 0 Å². The highest BCUT2D eigenvalue weighted by Gasteiger charge is 2.33. The number of nitrogens with one attached hydrogen (secondary N) is 1. The van der Waals surface area contributed by atoms with Crippen LogP contribution in [-0.2, 0) is 5.54 Å². The fourth-order valence-electron chi connectivity index (χ4n) is 4.42. The molecule has 0 spiro atoms. The van der Waals surface area contributed by atoms with E-state index in [1.807, 2.05) is 135 Å². The SMILES string of the molecule is C=C/C=C\C(=C/C)c1nn(-c2ccccc2)c(C)c1C(=O)NC(C)(c1ccccc1)c1ccccc1. The molecule has 0 aliphatic carbocycles. The maximum atomic E-state index is 14.2. The van der Waals surface area contributed by atoms with Gasteiger partial charge in [-0.25, -0.2) is 4.68 Å². The first-order valence-corrected chi connectivity index (χ1v) is 12.0. The predicted molar refractivity (Wildman–Crippen MR) is 148 cm³/mol. The number of allylic oxidation sites excluding steroid dienone is 5. The maximum absolute atomic E-state index is 14.2. The van der Waals surface area contributed by atoms with Gasteiger partial charge in [0.05, 0.1) is 22.5 Å². The van der Waals surface area contributed by atoms with E-state index in [1.165, 1.54) is 0 Å². The number of amides is 1. The molecular formula is C32H31N3O. The zero-order valence-electron chi connectivity index (χ0n) is 21.0. The highest BCUT2D eigenvalue weighted by Crippen LogP contribution is 2.31. The lowest BCUT2D eigenvalue weighted by Crippen LogP contribution is -2.44. The molecule has 0 unspecified atom stereocenters. The summed E-state index contributed by atoms with van der Waals surface area (Å²) >= 11 is 0. The van der Waals surface area contributed by atoms with Gasteiger partial charge in [-0.05, 0) is 49.6 Å². The van der Waals surface area contributed by atoms with E-state index in [9.17, 15) is 4.79 Å². The van der Waals surface area contributed by atoms with Crippen molar-refractivity contribution in [1.29, 1.82) is 0 Å². The summed E-state index contributed by atoms with van der Waals surface area (Å²) in [6.45, 7) is 9.71. The molecule has 36 heavy (non-hydrogen) atoms. The average molecular weight is 474 g/mol. The van der Waals surface area contributed by atoms with Crippen LogP contribution in [0, 0.1) is 6.92 Å². The van der Waals surface area contributed by atoms with Crippen molar-refractivity contribution >= 4 is 11.5 Å². The Kier molecular flexibility index (Phi) is 7.45.